The Balaban J connectivity index is 2.17. The zero-order valence-electron chi connectivity index (χ0n) is 18.8. The summed E-state index contributed by atoms with van der Waals surface area (Å²) in [7, 11) is 0. The van der Waals surface area contributed by atoms with Crippen molar-refractivity contribution >= 4 is 23.6 Å². The Kier molecular flexibility index (Phi) is 8.97. The Bertz CT molecular complexity index is 831. The first-order chi connectivity index (χ1) is 14.2. The molecule has 0 unspecified atom stereocenters. The molecule has 1 atom stereocenters. The lowest BCUT2D eigenvalue weighted by Crippen LogP contribution is -2.53. The van der Waals surface area contributed by atoms with Crippen molar-refractivity contribution in [3.8, 4) is 0 Å². The standard InChI is InChI=1S/C25H34N2O2S/c1-6-22(24(29)26-25(3,4)5)27(16-21-15-11-10-12-19(21)2)23(28)18-30-17-20-13-8-7-9-14-20/h7-15,22H,6,16-18H2,1-5H3,(H,26,29)/t22-/m0/s1. The highest BCUT2D eigenvalue weighted by Gasteiger charge is 2.30. The largest absolute Gasteiger partial charge is 0.350 e. The SMILES string of the molecule is CC[C@@H](C(=O)NC(C)(C)C)N(Cc1ccccc1C)C(=O)CSCc1ccccc1. The first kappa shape index (κ1) is 24.0. The molecular formula is C25H34N2O2S. The number of hydrogen-bond donors (Lipinski definition) is 1. The van der Waals surface area contributed by atoms with Crippen molar-refractivity contribution in [2.75, 3.05) is 5.75 Å². The van der Waals surface area contributed by atoms with Gasteiger partial charge in [0.05, 0.1) is 5.75 Å². The Morgan fingerprint density at radius 3 is 2.27 bits per heavy atom. The molecule has 0 aliphatic carbocycles. The molecule has 5 heteroatoms. The van der Waals surface area contributed by atoms with E-state index in [-0.39, 0.29) is 17.4 Å². The van der Waals surface area contributed by atoms with Crippen molar-refractivity contribution in [3.05, 3.63) is 71.3 Å². The number of benzene rings is 2. The number of aryl methyl sites for hydroxylation is 1. The molecule has 0 aliphatic heterocycles. The van der Waals surface area contributed by atoms with E-state index in [1.807, 2.05) is 77.1 Å². The van der Waals surface area contributed by atoms with Crippen LogP contribution >= 0.6 is 11.8 Å². The zero-order valence-corrected chi connectivity index (χ0v) is 19.6. The number of nitrogens with zero attached hydrogens (tertiary/aromatic N) is 1. The predicted octanol–water partition coefficient (Wildman–Crippen LogP) is 4.95. The van der Waals surface area contributed by atoms with Crippen LogP contribution in [0.3, 0.4) is 0 Å². The van der Waals surface area contributed by atoms with E-state index >= 15 is 0 Å². The van der Waals surface area contributed by atoms with Crippen LogP contribution in [-0.2, 0) is 21.9 Å². The van der Waals surface area contributed by atoms with Gasteiger partial charge in [0.2, 0.25) is 11.8 Å². The quantitative estimate of drug-likeness (QED) is 0.617. The Morgan fingerprint density at radius 2 is 1.67 bits per heavy atom. The molecule has 0 aliphatic rings. The van der Waals surface area contributed by atoms with Gasteiger partial charge in [-0.25, -0.2) is 0 Å². The zero-order chi connectivity index (χ0) is 22.1. The van der Waals surface area contributed by atoms with Crippen LogP contribution in [-0.4, -0.2) is 34.0 Å². The number of carbonyl (C=O) groups is 2. The molecule has 0 aromatic heterocycles. The van der Waals surface area contributed by atoms with E-state index in [1.165, 1.54) is 5.56 Å². The summed E-state index contributed by atoms with van der Waals surface area (Å²) < 4.78 is 0. The molecule has 0 bridgehead atoms. The highest BCUT2D eigenvalue weighted by atomic mass is 32.2. The van der Waals surface area contributed by atoms with E-state index in [0.717, 1.165) is 16.9 Å². The van der Waals surface area contributed by atoms with Gasteiger partial charge in [0.1, 0.15) is 6.04 Å². The van der Waals surface area contributed by atoms with Gasteiger partial charge < -0.3 is 10.2 Å². The molecule has 2 aromatic rings. The summed E-state index contributed by atoms with van der Waals surface area (Å²) >= 11 is 1.59. The third-order valence-corrected chi connectivity index (χ3v) is 5.81. The molecule has 0 fully saturated rings. The summed E-state index contributed by atoms with van der Waals surface area (Å²) in [4.78, 5) is 28.0. The molecule has 2 amide bonds. The maximum atomic E-state index is 13.2. The average Bonchev–Trinajstić information content (AvgIpc) is 2.68. The molecule has 30 heavy (non-hydrogen) atoms. The third-order valence-electron chi connectivity index (χ3n) is 4.82. The summed E-state index contributed by atoms with van der Waals surface area (Å²) in [6.07, 6.45) is 0.572. The van der Waals surface area contributed by atoms with E-state index < -0.39 is 6.04 Å². The second-order valence-electron chi connectivity index (χ2n) is 8.59. The second-order valence-corrected chi connectivity index (χ2v) is 9.58. The lowest BCUT2D eigenvalue weighted by atomic mass is 10.0. The van der Waals surface area contributed by atoms with Gasteiger partial charge in [0, 0.05) is 17.8 Å². The Morgan fingerprint density at radius 1 is 1.03 bits per heavy atom. The molecule has 0 spiro atoms. The van der Waals surface area contributed by atoms with Crippen LogP contribution in [0.25, 0.3) is 0 Å². The van der Waals surface area contributed by atoms with Crippen molar-refractivity contribution in [2.24, 2.45) is 0 Å². The number of rotatable bonds is 9. The van der Waals surface area contributed by atoms with Crippen LogP contribution in [0.2, 0.25) is 0 Å². The van der Waals surface area contributed by atoms with Crippen LogP contribution in [0, 0.1) is 6.92 Å². The van der Waals surface area contributed by atoms with E-state index in [2.05, 4.69) is 17.4 Å². The van der Waals surface area contributed by atoms with E-state index in [9.17, 15) is 9.59 Å². The monoisotopic (exact) mass is 426 g/mol. The number of thioether (sulfide) groups is 1. The molecule has 0 saturated carbocycles. The second kappa shape index (κ2) is 11.2. The summed E-state index contributed by atoms with van der Waals surface area (Å²) in [6.45, 7) is 10.3. The fraction of sp³-hybridized carbons (Fsp3) is 0.440. The van der Waals surface area contributed by atoms with Gasteiger partial charge in [0.15, 0.2) is 0 Å². The maximum Gasteiger partial charge on any atom is 0.243 e. The molecule has 2 aromatic carbocycles. The highest BCUT2D eigenvalue weighted by molar-refractivity contribution is 7.99. The van der Waals surface area contributed by atoms with Crippen LogP contribution in [0.5, 0.6) is 0 Å². The number of amides is 2. The number of hydrogen-bond acceptors (Lipinski definition) is 3. The molecule has 0 heterocycles. The smallest absolute Gasteiger partial charge is 0.243 e. The average molecular weight is 427 g/mol. The van der Waals surface area contributed by atoms with Crippen molar-refractivity contribution in [1.29, 1.82) is 0 Å². The number of carbonyl (C=O) groups excluding carboxylic acids is 2. The van der Waals surface area contributed by atoms with Gasteiger partial charge in [-0.2, -0.15) is 0 Å². The molecule has 2 rings (SSSR count). The topological polar surface area (TPSA) is 49.4 Å². The van der Waals surface area contributed by atoms with Gasteiger partial charge in [0.25, 0.3) is 0 Å². The third kappa shape index (κ3) is 7.52. The summed E-state index contributed by atoms with van der Waals surface area (Å²) in [5.41, 5.74) is 3.04. The predicted molar refractivity (Wildman–Crippen MR) is 126 cm³/mol. The van der Waals surface area contributed by atoms with Crippen LogP contribution < -0.4 is 5.32 Å². The lowest BCUT2D eigenvalue weighted by Gasteiger charge is -2.33. The summed E-state index contributed by atoms with van der Waals surface area (Å²) in [5, 5.41) is 3.05. The fourth-order valence-electron chi connectivity index (χ4n) is 3.26. The van der Waals surface area contributed by atoms with Crippen molar-refractivity contribution in [3.63, 3.8) is 0 Å². The van der Waals surface area contributed by atoms with Crippen LogP contribution in [0.1, 0.15) is 50.8 Å². The van der Waals surface area contributed by atoms with E-state index in [0.29, 0.717) is 18.7 Å². The normalized spacial score (nSPS) is 12.3. The Labute approximate surface area is 185 Å². The maximum absolute atomic E-state index is 13.2. The molecule has 0 saturated heterocycles. The van der Waals surface area contributed by atoms with Gasteiger partial charge in [-0.05, 0) is 50.8 Å². The van der Waals surface area contributed by atoms with Crippen molar-refractivity contribution in [2.45, 2.75) is 64.9 Å². The molecule has 1 N–H and O–H groups in total. The molecule has 0 radical (unpaired) electrons. The first-order valence-electron chi connectivity index (χ1n) is 10.5. The molecule has 4 nitrogen and oxygen atoms in total. The minimum atomic E-state index is -0.492. The van der Waals surface area contributed by atoms with Gasteiger partial charge in [-0.1, -0.05) is 61.5 Å². The van der Waals surface area contributed by atoms with Crippen molar-refractivity contribution < 1.29 is 9.59 Å². The Hall–Kier alpha value is -2.27. The minimum Gasteiger partial charge on any atom is -0.350 e. The summed E-state index contributed by atoms with van der Waals surface area (Å²) in [5.74, 6) is 1.02. The summed E-state index contributed by atoms with van der Waals surface area (Å²) in [6, 6.07) is 17.7. The van der Waals surface area contributed by atoms with E-state index in [4.69, 9.17) is 0 Å². The highest BCUT2D eigenvalue weighted by Crippen LogP contribution is 2.19. The van der Waals surface area contributed by atoms with Crippen molar-refractivity contribution in [1.82, 2.24) is 10.2 Å². The van der Waals surface area contributed by atoms with E-state index in [1.54, 1.807) is 16.7 Å². The molecular weight excluding hydrogens is 392 g/mol. The molecule has 162 valence electrons. The van der Waals surface area contributed by atoms with Gasteiger partial charge >= 0.3 is 0 Å². The first-order valence-corrected chi connectivity index (χ1v) is 11.6. The lowest BCUT2D eigenvalue weighted by molar-refractivity contribution is -0.140. The number of nitrogens with one attached hydrogen (secondary N) is 1. The minimum absolute atomic E-state index is 0.00454. The van der Waals surface area contributed by atoms with Gasteiger partial charge in [-0.15, -0.1) is 11.8 Å². The van der Waals surface area contributed by atoms with Gasteiger partial charge in [-0.3, -0.25) is 9.59 Å². The van der Waals surface area contributed by atoms with Crippen LogP contribution in [0.15, 0.2) is 54.6 Å². The fourth-order valence-corrected chi connectivity index (χ4v) is 4.13. The van der Waals surface area contributed by atoms with Crippen LogP contribution in [0.4, 0.5) is 0 Å².